The van der Waals surface area contributed by atoms with Gasteiger partial charge in [-0.25, -0.2) is 0 Å². The van der Waals surface area contributed by atoms with Crippen LogP contribution in [0.1, 0.15) is 37.9 Å². The molecule has 0 aliphatic rings. The molecule has 1 N–H and O–H groups in total. The highest BCUT2D eigenvalue weighted by Gasteiger charge is 2.11. The normalized spacial score (nSPS) is 12.0. The quantitative estimate of drug-likeness (QED) is 0.900. The van der Waals surface area contributed by atoms with Gasteiger partial charge in [-0.3, -0.25) is 4.68 Å². The maximum absolute atomic E-state index is 5.29. The Morgan fingerprint density at radius 2 is 2.17 bits per heavy atom. The SMILES string of the molecule is Cc1ccn(Cc2cc(CNC(C)(C)C)no2)n1. The van der Waals surface area contributed by atoms with Crippen molar-refractivity contribution >= 4 is 0 Å². The van der Waals surface area contributed by atoms with Crippen molar-refractivity contribution in [1.82, 2.24) is 20.3 Å². The van der Waals surface area contributed by atoms with Crippen LogP contribution in [0.4, 0.5) is 0 Å². The van der Waals surface area contributed by atoms with Crippen LogP contribution in [0.15, 0.2) is 22.9 Å². The molecular weight excluding hydrogens is 228 g/mol. The molecule has 2 aromatic heterocycles. The minimum atomic E-state index is 0.0816. The number of hydrogen-bond donors (Lipinski definition) is 1. The first kappa shape index (κ1) is 12.8. The number of nitrogens with zero attached hydrogens (tertiary/aromatic N) is 3. The standard InChI is InChI=1S/C13H20N4O/c1-10-5-6-17(15-10)9-12-7-11(16-18-12)8-14-13(2,3)4/h5-7,14H,8-9H2,1-4H3. The Kier molecular flexibility index (Phi) is 3.52. The van der Waals surface area contributed by atoms with Gasteiger partial charge in [0.05, 0.1) is 11.4 Å². The maximum Gasteiger partial charge on any atom is 0.158 e. The van der Waals surface area contributed by atoms with E-state index < -0.39 is 0 Å². The van der Waals surface area contributed by atoms with Gasteiger partial charge in [0.25, 0.3) is 0 Å². The van der Waals surface area contributed by atoms with E-state index in [0.717, 1.165) is 17.1 Å². The first-order valence-corrected chi connectivity index (χ1v) is 6.12. The Bertz CT molecular complexity index is 507. The van der Waals surface area contributed by atoms with Crippen LogP contribution < -0.4 is 5.32 Å². The molecule has 0 aliphatic heterocycles. The van der Waals surface area contributed by atoms with Crippen molar-refractivity contribution in [2.75, 3.05) is 0 Å². The Hall–Kier alpha value is -1.62. The molecular formula is C13H20N4O. The first-order chi connectivity index (χ1) is 8.42. The average Bonchev–Trinajstić information content (AvgIpc) is 2.85. The Labute approximate surface area is 107 Å². The van der Waals surface area contributed by atoms with E-state index in [9.17, 15) is 0 Å². The van der Waals surface area contributed by atoms with E-state index in [4.69, 9.17) is 4.52 Å². The number of hydrogen-bond acceptors (Lipinski definition) is 4. The number of nitrogens with one attached hydrogen (secondary N) is 1. The second-order valence-corrected chi connectivity index (χ2v) is 5.54. The van der Waals surface area contributed by atoms with Gasteiger partial charge in [0.1, 0.15) is 6.54 Å². The third-order valence-electron chi connectivity index (χ3n) is 2.50. The van der Waals surface area contributed by atoms with Gasteiger partial charge in [-0.15, -0.1) is 0 Å². The van der Waals surface area contributed by atoms with Gasteiger partial charge in [-0.05, 0) is 33.8 Å². The fourth-order valence-corrected chi connectivity index (χ4v) is 1.58. The molecule has 0 radical (unpaired) electrons. The summed E-state index contributed by atoms with van der Waals surface area (Å²) in [6.07, 6.45) is 1.94. The van der Waals surface area contributed by atoms with Crippen molar-refractivity contribution in [3.63, 3.8) is 0 Å². The summed E-state index contributed by atoms with van der Waals surface area (Å²) < 4.78 is 7.14. The summed E-state index contributed by atoms with van der Waals surface area (Å²) in [5.41, 5.74) is 2.01. The van der Waals surface area contributed by atoms with Gasteiger partial charge in [-0.1, -0.05) is 5.16 Å². The van der Waals surface area contributed by atoms with Gasteiger partial charge < -0.3 is 9.84 Å². The van der Waals surface area contributed by atoms with Crippen molar-refractivity contribution < 1.29 is 4.52 Å². The fourth-order valence-electron chi connectivity index (χ4n) is 1.58. The molecule has 0 unspecified atom stereocenters. The third kappa shape index (κ3) is 3.70. The molecule has 0 saturated carbocycles. The summed E-state index contributed by atoms with van der Waals surface area (Å²) in [4.78, 5) is 0. The van der Waals surface area contributed by atoms with Gasteiger partial charge in [0.15, 0.2) is 5.76 Å². The van der Waals surface area contributed by atoms with Gasteiger partial charge in [-0.2, -0.15) is 5.10 Å². The second kappa shape index (κ2) is 4.94. The second-order valence-electron chi connectivity index (χ2n) is 5.54. The monoisotopic (exact) mass is 248 g/mol. The zero-order chi connectivity index (χ0) is 13.2. The highest BCUT2D eigenvalue weighted by molar-refractivity contribution is 5.06. The zero-order valence-corrected chi connectivity index (χ0v) is 11.4. The van der Waals surface area contributed by atoms with Crippen LogP contribution in [-0.4, -0.2) is 20.5 Å². The van der Waals surface area contributed by atoms with E-state index >= 15 is 0 Å². The van der Waals surface area contributed by atoms with E-state index in [1.807, 2.05) is 29.9 Å². The Morgan fingerprint density at radius 1 is 1.39 bits per heavy atom. The van der Waals surface area contributed by atoms with Crippen molar-refractivity contribution in [2.45, 2.75) is 46.3 Å². The fraction of sp³-hybridized carbons (Fsp3) is 0.538. The maximum atomic E-state index is 5.29. The smallest absolute Gasteiger partial charge is 0.158 e. The van der Waals surface area contributed by atoms with E-state index in [2.05, 4.69) is 36.3 Å². The molecule has 0 fully saturated rings. The number of rotatable bonds is 4. The lowest BCUT2D eigenvalue weighted by atomic mass is 10.1. The first-order valence-electron chi connectivity index (χ1n) is 6.12. The Balaban J connectivity index is 1.94. The summed E-state index contributed by atoms with van der Waals surface area (Å²) in [5, 5.41) is 11.7. The highest BCUT2D eigenvalue weighted by Crippen LogP contribution is 2.08. The minimum Gasteiger partial charge on any atom is -0.359 e. The van der Waals surface area contributed by atoms with Crippen molar-refractivity contribution in [3.8, 4) is 0 Å². The molecule has 5 heteroatoms. The summed E-state index contributed by atoms with van der Waals surface area (Å²) in [5.74, 6) is 0.823. The molecule has 0 aromatic carbocycles. The van der Waals surface area contributed by atoms with Crippen molar-refractivity contribution in [3.05, 3.63) is 35.5 Å². The molecule has 0 atom stereocenters. The van der Waals surface area contributed by atoms with Crippen LogP contribution in [0.3, 0.4) is 0 Å². The lowest BCUT2D eigenvalue weighted by molar-refractivity contribution is 0.357. The molecule has 0 aliphatic carbocycles. The molecule has 0 bridgehead atoms. The molecule has 18 heavy (non-hydrogen) atoms. The summed E-state index contributed by atoms with van der Waals surface area (Å²) in [6.45, 7) is 9.68. The predicted octanol–water partition coefficient (Wildman–Crippen LogP) is 2.12. The molecule has 2 aromatic rings. The van der Waals surface area contributed by atoms with E-state index in [1.165, 1.54) is 0 Å². The van der Waals surface area contributed by atoms with Crippen LogP contribution in [0, 0.1) is 6.92 Å². The molecule has 2 rings (SSSR count). The predicted molar refractivity (Wildman–Crippen MR) is 69.2 cm³/mol. The minimum absolute atomic E-state index is 0.0816. The lowest BCUT2D eigenvalue weighted by Crippen LogP contribution is -2.35. The highest BCUT2D eigenvalue weighted by atomic mass is 16.5. The van der Waals surface area contributed by atoms with Gasteiger partial charge >= 0.3 is 0 Å². The third-order valence-corrected chi connectivity index (χ3v) is 2.50. The van der Waals surface area contributed by atoms with E-state index in [0.29, 0.717) is 13.1 Å². The van der Waals surface area contributed by atoms with Crippen LogP contribution in [0.25, 0.3) is 0 Å². The summed E-state index contributed by atoms with van der Waals surface area (Å²) >= 11 is 0. The Morgan fingerprint density at radius 3 is 2.78 bits per heavy atom. The number of aromatic nitrogens is 3. The van der Waals surface area contributed by atoms with Crippen molar-refractivity contribution in [1.29, 1.82) is 0 Å². The summed E-state index contributed by atoms with van der Waals surface area (Å²) in [7, 11) is 0. The molecule has 0 spiro atoms. The molecule has 98 valence electrons. The lowest BCUT2D eigenvalue weighted by Gasteiger charge is -2.19. The molecule has 5 nitrogen and oxygen atoms in total. The molecule has 0 amide bonds. The average molecular weight is 248 g/mol. The topological polar surface area (TPSA) is 55.9 Å². The molecule has 0 saturated heterocycles. The van der Waals surface area contributed by atoms with Crippen molar-refractivity contribution in [2.24, 2.45) is 0 Å². The number of aryl methyl sites for hydroxylation is 1. The van der Waals surface area contributed by atoms with Crippen LogP contribution in [-0.2, 0) is 13.1 Å². The van der Waals surface area contributed by atoms with Gasteiger partial charge in [0, 0.05) is 24.3 Å². The zero-order valence-electron chi connectivity index (χ0n) is 11.4. The van der Waals surface area contributed by atoms with E-state index in [1.54, 1.807) is 0 Å². The molecule has 2 heterocycles. The van der Waals surface area contributed by atoms with Crippen LogP contribution in [0.5, 0.6) is 0 Å². The van der Waals surface area contributed by atoms with Crippen LogP contribution in [0.2, 0.25) is 0 Å². The van der Waals surface area contributed by atoms with Crippen LogP contribution >= 0.6 is 0 Å². The van der Waals surface area contributed by atoms with Gasteiger partial charge in [0.2, 0.25) is 0 Å². The summed E-state index contributed by atoms with van der Waals surface area (Å²) in [6, 6.07) is 3.94. The van der Waals surface area contributed by atoms with E-state index in [-0.39, 0.29) is 5.54 Å². The largest absolute Gasteiger partial charge is 0.359 e.